The van der Waals surface area contributed by atoms with Crippen LogP contribution in [0, 0.1) is 0 Å². The topological polar surface area (TPSA) is 125 Å². The van der Waals surface area contributed by atoms with Crippen molar-refractivity contribution in [3.05, 3.63) is 36.5 Å². The predicted octanol–water partition coefficient (Wildman–Crippen LogP) is 1.35. The van der Waals surface area contributed by atoms with Crippen molar-refractivity contribution < 1.29 is 14.6 Å². The zero-order valence-electron chi connectivity index (χ0n) is 18.5. The number of carbonyl (C=O) groups is 1. The highest BCUT2D eigenvalue weighted by Gasteiger charge is 2.31. The van der Waals surface area contributed by atoms with Gasteiger partial charge in [-0.1, -0.05) is 0 Å². The van der Waals surface area contributed by atoms with E-state index in [9.17, 15) is 9.90 Å². The molecule has 33 heavy (non-hydrogen) atoms. The van der Waals surface area contributed by atoms with Gasteiger partial charge in [0.15, 0.2) is 11.6 Å². The molecule has 0 unspecified atom stereocenters. The first-order valence-corrected chi connectivity index (χ1v) is 11.2. The molecule has 0 spiro atoms. The van der Waals surface area contributed by atoms with Crippen molar-refractivity contribution in [1.29, 1.82) is 0 Å². The second-order valence-corrected chi connectivity index (χ2v) is 8.47. The van der Waals surface area contributed by atoms with Crippen LogP contribution in [0.2, 0.25) is 0 Å². The molecule has 2 atom stereocenters. The number of nitrogens with zero attached hydrogens (tertiary/aromatic N) is 5. The van der Waals surface area contributed by atoms with Gasteiger partial charge in [-0.25, -0.2) is 15.0 Å². The largest absolute Gasteiger partial charge is 0.491 e. The molecule has 172 valence electrons. The summed E-state index contributed by atoms with van der Waals surface area (Å²) >= 11 is 0. The molecule has 2 aliphatic rings. The molecule has 3 N–H and O–H groups in total. The maximum absolute atomic E-state index is 12.7. The van der Waals surface area contributed by atoms with E-state index in [1.165, 1.54) is 0 Å². The fourth-order valence-electron chi connectivity index (χ4n) is 4.38. The molecule has 4 heterocycles. The Morgan fingerprint density at radius 3 is 2.88 bits per heavy atom. The van der Waals surface area contributed by atoms with Crippen molar-refractivity contribution in [3.63, 3.8) is 0 Å². The number of ether oxygens (including phenoxy) is 1. The Morgan fingerprint density at radius 1 is 1.21 bits per heavy atom. The third kappa shape index (κ3) is 4.44. The molecule has 0 saturated carbocycles. The number of likely N-dealkylation sites (tertiary alicyclic amines) is 1. The number of likely N-dealkylation sites (N-methyl/N-ethyl adjacent to an activating group) is 1. The van der Waals surface area contributed by atoms with Gasteiger partial charge in [-0.15, -0.1) is 0 Å². The van der Waals surface area contributed by atoms with E-state index in [0.717, 1.165) is 29.6 Å². The van der Waals surface area contributed by atoms with Gasteiger partial charge in [0.2, 0.25) is 5.91 Å². The molecule has 10 heteroatoms. The van der Waals surface area contributed by atoms with E-state index >= 15 is 0 Å². The van der Waals surface area contributed by atoms with Gasteiger partial charge in [-0.2, -0.15) is 0 Å². The number of aromatic nitrogens is 4. The van der Waals surface area contributed by atoms with Crippen LogP contribution in [0.1, 0.15) is 25.1 Å². The van der Waals surface area contributed by atoms with Gasteiger partial charge in [0.25, 0.3) is 0 Å². The molecule has 5 rings (SSSR count). The number of piperidine rings is 1. The van der Waals surface area contributed by atoms with E-state index in [2.05, 4.69) is 30.5 Å². The van der Waals surface area contributed by atoms with Crippen LogP contribution in [0.25, 0.3) is 22.2 Å². The Hall–Kier alpha value is -3.37. The summed E-state index contributed by atoms with van der Waals surface area (Å²) < 4.78 is 6.21. The smallest absolute Gasteiger partial charge is 0.237 e. The zero-order valence-corrected chi connectivity index (χ0v) is 18.5. The number of fused-ring (bicyclic) bond motifs is 3. The third-order valence-corrected chi connectivity index (χ3v) is 6.22. The average molecular weight is 450 g/mol. The molecule has 10 nitrogen and oxygen atoms in total. The van der Waals surface area contributed by atoms with Gasteiger partial charge in [-0.3, -0.25) is 14.7 Å². The average Bonchev–Trinajstić information content (AvgIpc) is 2.84. The van der Waals surface area contributed by atoms with Crippen molar-refractivity contribution in [2.24, 2.45) is 0 Å². The summed E-state index contributed by atoms with van der Waals surface area (Å²) in [7, 11) is 1.99. The van der Waals surface area contributed by atoms with Crippen LogP contribution in [-0.2, 0) is 11.4 Å². The standard InChI is InChI=1S/C23H27N7O3/c1-30-7-5-15-9-18(30)23(32)24-6-2-8-33-22-16(14-10-26-20(13-31)27-11-14)3-4-17-21(22)29-19(28-15)12-25-17/h3-4,10-12,15,18,31H,2,5-9,13H2,1H3,(H,24,32)(H,28,29)/t15-,18-/m0/s1. The highest BCUT2D eigenvalue weighted by molar-refractivity contribution is 5.90. The number of hydrogen-bond acceptors (Lipinski definition) is 9. The molecular weight excluding hydrogens is 422 g/mol. The second-order valence-electron chi connectivity index (χ2n) is 8.47. The monoisotopic (exact) mass is 449 g/mol. The summed E-state index contributed by atoms with van der Waals surface area (Å²) in [6.07, 6.45) is 7.34. The van der Waals surface area contributed by atoms with Gasteiger partial charge >= 0.3 is 0 Å². The molecule has 1 aromatic carbocycles. The van der Waals surface area contributed by atoms with E-state index in [1.807, 2.05) is 19.2 Å². The van der Waals surface area contributed by atoms with Crippen molar-refractivity contribution in [2.75, 3.05) is 32.1 Å². The maximum Gasteiger partial charge on any atom is 0.237 e. The quantitative estimate of drug-likeness (QED) is 0.531. The normalized spacial score (nSPS) is 21.7. The van der Waals surface area contributed by atoms with Crippen molar-refractivity contribution >= 4 is 22.8 Å². The van der Waals surface area contributed by atoms with Crippen LogP contribution in [0.5, 0.6) is 5.75 Å². The Kier molecular flexibility index (Phi) is 6.01. The Morgan fingerprint density at radius 2 is 2.06 bits per heavy atom. The molecule has 2 aromatic heterocycles. The number of rotatable bonds is 2. The van der Waals surface area contributed by atoms with Crippen molar-refractivity contribution in [2.45, 2.75) is 38.0 Å². The minimum atomic E-state index is -0.217. The molecule has 1 fully saturated rings. The third-order valence-electron chi connectivity index (χ3n) is 6.22. The molecule has 2 aliphatic heterocycles. The van der Waals surface area contributed by atoms with Crippen molar-refractivity contribution in [3.8, 4) is 16.9 Å². The fourth-order valence-corrected chi connectivity index (χ4v) is 4.38. The summed E-state index contributed by atoms with van der Waals surface area (Å²) in [5.74, 6) is 1.66. The zero-order chi connectivity index (χ0) is 22.8. The molecule has 1 amide bonds. The lowest BCUT2D eigenvalue weighted by Gasteiger charge is -2.36. The lowest BCUT2D eigenvalue weighted by atomic mass is 9.97. The molecule has 1 saturated heterocycles. The first-order valence-electron chi connectivity index (χ1n) is 11.2. The van der Waals surface area contributed by atoms with Gasteiger partial charge < -0.3 is 20.5 Å². The van der Waals surface area contributed by atoms with Crippen LogP contribution < -0.4 is 15.4 Å². The summed E-state index contributed by atoms with van der Waals surface area (Å²) in [4.78, 5) is 32.7. The van der Waals surface area contributed by atoms with Gasteiger partial charge in [0.1, 0.15) is 17.9 Å². The maximum atomic E-state index is 12.7. The summed E-state index contributed by atoms with van der Waals surface area (Å²) in [5.41, 5.74) is 2.95. The number of amides is 1. The van der Waals surface area contributed by atoms with Crippen molar-refractivity contribution in [1.82, 2.24) is 30.2 Å². The van der Waals surface area contributed by atoms with Crippen LogP contribution in [0.15, 0.2) is 30.7 Å². The Labute approximate surface area is 191 Å². The minimum Gasteiger partial charge on any atom is -0.491 e. The highest BCUT2D eigenvalue weighted by atomic mass is 16.5. The molecular formula is C23H27N7O3. The number of carbonyl (C=O) groups excluding carboxylic acids is 1. The Balaban J connectivity index is 1.56. The Bertz CT molecular complexity index is 1150. The molecule has 3 aromatic rings. The van der Waals surface area contributed by atoms with E-state index in [0.29, 0.717) is 48.9 Å². The minimum absolute atomic E-state index is 0.0461. The first-order chi connectivity index (χ1) is 16.1. The highest BCUT2D eigenvalue weighted by Crippen LogP contribution is 2.36. The van der Waals surface area contributed by atoms with Gasteiger partial charge in [0.05, 0.1) is 24.4 Å². The number of anilines is 1. The molecule has 4 bridgehead atoms. The summed E-state index contributed by atoms with van der Waals surface area (Å²) in [6.45, 7) is 1.56. The summed E-state index contributed by atoms with van der Waals surface area (Å²) in [6, 6.07) is 3.78. The number of aliphatic hydroxyl groups is 1. The lowest BCUT2D eigenvalue weighted by Crippen LogP contribution is -2.52. The van der Waals surface area contributed by atoms with E-state index in [1.54, 1.807) is 18.6 Å². The van der Waals surface area contributed by atoms with Crippen LogP contribution in [0.3, 0.4) is 0 Å². The van der Waals surface area contributed by atoms with Gasteiger partial charge in [-0.05, 0) is 38.4 Å². The van der Waals surface area contributed by atoms with Crippen LogP contribution in [0.4, 0.5) is 5.82 Å². The van der Waals surface area contributed by atoms with E-state index in [-0.39, 0.29) is 24.6 Å². The van der Waals surface area contributed by atoms with E-state index in [4.69, 9.17) is 9.72 Å². The van der Waals surface area contributed by atoms with E-state index < -0.39 is 0 Å². The SMILES string of the molecule is CN1CC[C@H]2C[C@H]1C(=O)NCCCOc1c(-c3cnc(CO)nc3)ccc3ncc(nc13)N2. The number of nitrogens with one attached hydrogen (secondary N) is 2. The number of aliphatic hydroxyl groups excluding tert-OH is 1. The fraction of sp³-hybridized carbons (Fsp3) is 0.435. The number of hydrogen-bond donors (Lipinski definition) is 3. The van der Waals surface area contributed by atoms with Crippen LogP contribution in [-0.4, -0.2) is 74.7 Å². The lowest BCUT2D eigenvalue weighted by molar-refractivity contribution is -0.127. The second kappa shape index (κ2) is 9.24. The first kappa shape index (κ1) is 21.5. The van der Waals surface area contributed by atoms with Crippen LogP contribution >= 0.6 is 0 Å². The summed E-state index contributed by atoms with van der Waals surface area (Å²) in [5, 5.41) is 15.8. The molecule has 0 aliphatic carbocycles. The van der Waals surface area contributed by atoms with Gasteiger partial charge in [0, 0.05) is 42.7 Å². The number of benzene rings is 1. The predicted molar refractivity (Wildman–Crippen MR) is 123 cm³/mol. The molecule has 0 radical (unpaired) electrons.